The fourth-order valence-corrected chi connectivity index (χ4v) is 4.66. The molecule has 0 amide bonds. The molecule has 0 spiro atoms. The predicted molar refractivity (Wildman–Crippen MR) is 104 cm³/mol. The van der Waals surface area contributed by atoms with Gasteiger partial charge in [0.15, 0.2) is 0 Å². The number of nitrogens with one attached hydrogen (secondary N) is 1. The zero-order valence-corrected chi connectivity index (χ0v) is 16.3. The minimum atomic E-state index is -3.66. The molecule has 0 aliphatic heterocycles. The fourth-order valence-electron chi connectivity index (χ4n) is 3.18. The Morgan fingerprint density at radius 2 is 1.58 bits per heavy atom. The van der Waals surface area contributed by atoms with Gasteiger partial charge in [-0.25, -0.2) is 8.42 Å². The highest BCUT2D eigenvalue weighted by Crippen LogP contribution is 2.24. The Morgan fingerprint density at radius 3 is 2.19 bits per heavy atom. The Labute approximate surface area is 154 Å². The summed E-state index contributed by atoms with van der Waals surface area (Å²) in [5.74, 6) is 0. The normalized spacial score (nSPS) is 11.5. The van der Waals surface area contributed by atoms with E-state index in [9.17, 15) is 8.42 Å². The minimum absolute atomic E-state index is 0.328. The molecule has 0 unspecified atom stereocenters. The molecule has 0 fully saturated rings. The standard InChI is InChI=1S/C20H23N3O2S/c1-14-5-7-18(8-6-14)12-23-13-19(11-21-23)22-26(24,25)20-16(3)9-15(2)10-17(20)4/h5-11,13,22H,12H2,1-4H3. The van der Waals surface area contributed by atoms with Crippen LogP contribution < -0.4 is 4.72 Å². The van der Waals surface area contributed by atoms with Gasteiger partial charge in [-0.3, -0.25) is 9.40 Å². The van der Waals surface area contributed by atoms with E-state index in [0.29, 0.717) is 17.1 Å². The predicted octanol–water partition coefficient (Wildman–Crippen LogP) is 3.97. The smallest absolute Gasteiger partial charge is 0.262 e. The molecule has 0 atom stereocenters. The third kappa shape index (κ3) is 3.96. The fraction of sp³-hybridized carbons (Fsp3) is 0.250. The number of aryl methyl sites for hydroxylation is 4. The summed E-state index contributed by atoms with van der Waals surface area (Å²) in [5.41, 5.74) is 5.29. The second kappa shape index (κ2) is 6.96. The van der Waals surface area contributed by atoms with E-state index in [1.54, 1.807) is 10.9 Å². The Morgan fingerprint density at radius 1 is 0.962 bits per heavy atom. The first-order valence-electron chi connectivity index (χ1n) is 8.43. The topological polar surface area (TPSA) is 64.0 Å². The van der Waals surface area contributed by atoms with E-state index < -0.39 is 10.0 Å². The zero-order chi connectivity index (χ0) is 18.9. The molecular weight excluding hydrogens is 346 g/mol. The molecule has 3 rings (SSSR count). The molecular formula is C20H23N3O2S. The molecule has 1 aromatic heterocycles. The van der Waals surface area contributed by atoms with Crippen molar-refractivity contribution in [3.63, 3.8) is 0 Å². The van der Waals surface area contributed by atoms with Gasteiger partial charge < -0.3 is 0 Å². The number of hydrogen-bond acceptors (Lipinski definition) is 3. The van der Waals surface area contributed by atoms with Crippen LogP contribution in [0, 0.1) is 27.7 Å². The summed E-state index contributed by atoms with van der Waals surface area (Å²) in [5, 5.41) is 4.26. The van der Waals surface area contributed by atoms with Gasteiger partial charge in [0.05, 0.1) is 23.3 Å². The van der Waals surface area contributed by atoms with Crippen molar-refractivity contribution in [2.24, 2.45) is 0 Å². The van der Waals surface area contributed by atoms with Crippen LogP contribution in [0.5, 0.6) is 0 Å². The van der Waals surface area contributed by atoms with Gasteiger partial charge in [0, 0.05) is 6.20 Å². The van der Waals surface area contributed by atoms with Crippen molar-refractivity contribution >= 4 is 15.7 Å². The van der Waals surface area contributed by atoms with Crippen LogP contribution in [0.3, 0.4) is 0 Å². The summed E-state index contributed by atoms with van der Waals surface area (Å²) < 4.78 is 30.0. The Balaban J connectivity index is 1.81. The van der Waals surface area contributed by atoms with Gasteiger partial charge >= 0.3 is 0 Å². The number of rotatable bonds is 5. The quantitative estimate of drug-likeness (QED) is 0.740. The number of sulfonamides is 1. The largest absolute Gasteiger partial charge is 0.276 e. The average Bonchev–Trinajstić information content (AvgIpc) is 2.94. The molecule has 136 valence electrons. The molecule has 6 heteroatoms. The number of nitrogens with zero attached hydrogens (tertiary/aromatic N) is 2. The summed E-state index contributed by atoms with van der Waals surface area (Å²) in [7, 11) is -3.66. The lowest BCUT2D eigenvalue weighted by Gasteiger charge is -2.12. The highest BCUT2D eigenvalue weighted by Gasteiger charge is 2.20. The molecule has 0 saturated heterocycles. The molecule has 0 aliphatic carbocycles. The maximum absolute atomic E-state index is 12.8. The van der Waals surface area contributed by atoms with Gasteiger partial charge in [-0.1, -0.05) is 47.5 Å². The monoisotopic (exact) mass is 369 g/mol. The van der Waals surface area contributed by atoms with E-state index in [-0.39, 0.29) is 0 Å². The summed E-state index contributed by atoms with van der Waals surface area (Å²) in [6.07, 6.45) is 3.24. The van der Waals surface area contributed by atoms with Crippen molar-refractivity contribution in [3.05, 3.63) is 76.6 Å². The van der Waals surface area contributed by atoms with Crippen LogP contribution in [-0.2, 0) is 16.6 Å². The summed E-state index contributed by atoms with van der Waals surface area (Å²) in [4.78, 5) is 0.328. The number of anilines is 1. The third-order valence-electron chi connectivity index (χ3n) is 4.22. The second-order valence-corrected chi connectivity index (χ2v) is 8.36. The maximum atomic E-state index is 12.8. The summed E-state index contributed by atoms with van der Waals surface area (Å²) in [6, 6.07) is 11.9. The van der Waals surface area contributed by atoms with Crippen LogP contribution in [0.25, 0.3) is 0 Å². The zero-order valence-electron chi connectivity index (χ0n) is 15.4. The highest BCUT2D eigenvalue weighted by atomic mass is 32.2. The van der Waals surface area contributed by atoms with Crippen molar-refractivity contribution in [1.82, 2.24) is 9.78 Å². The van der Waals surface area contributed by atoms with E-state index in [1.807, 2.05) is 64.1 Å². The lowest BCUT2D eigenvalue weighted by molar-refractivity contribution is 0.600. The van der Waals surface area contributed by atoms with Gasteiger partial charge in [0.2, 0.25) is 0 Å². The second-order valence-electron chi connectivity index (χ2n) is 6.75. The molecule has 2 aromatic carbocycles. The Kier molecular flexibility index (Phi) is 4.87. The van der Waals surface area contributed by atoms with Crippen LogP contribution in [0.1, 0.15) is 27.8 Å². The first-order chi connectivity index (χ1) is 12.2. The molecule has 26 heavy (non-hydrogen) atoms. The number of hydrogen-bond donors (Lipinski definition) is 1. The first kappa shape index (κ1) is 18.2. The van der Waals surface area contributed by atoms with Crippen molar-refractivity contribution in [2.75, 3.05) is 4.72 Å². The first-order valence-corrected chi connectivity index (χ1v) is 9.91. The van der Waals surface area contributed by atoms with Gasteiger partial charge in [-0.05, 0) is 44.4 Å². The summed E-state index contributed by atoms with van der Waals surface area (Å²) in [6.45, 7) is 8.22. The van der Waals surface area contributed by atoms with E-state index in [0.717, 1.165) is 22.3 Å². The molecule has 0 saturated carbocycles. The Bertz CT molecular complexity index is 1010. The van der Waals surface area contributed by atoms with Crippen LogP contribution in [0.2, 0.25) is 0 Å². The van der Waals surface area contributed by atoms with Gasteiger partial charge in [-0.2, -0.15) is 5.10 Å². The van der Waals surface area contributed by atoms with Crippen molar-refractivity contribution in [3.8, 4) is 0 Å². The van der Waals surface area contributed by atoms with Gasteiger partial charge in [0.25, 0.3) is 10.0 Å². The average molecular weight is 369 g/mol. The lowest BCUT2D eigenvalue weighted by Crippen LogP contribution is -2.15. The maximum Gasteiger partial charge on any atom is 0.262 e. The van der Waals surface area contributed by atoms with E-state index in [1.165, 1.54) is 11.8 Å². The number of aromatic nitrogens is 2. The number of benzene rings is 2. The molecule has 0 aliphatic rings. The highest BCUT2D eigenvalue weighted by molar-refractivity contribution is 7.92. The van der Waals surface area contributed by atoms with Crippen molar-refractivity contribution < 1.29 is 8.42 Å². The van der Waals surface area contributed by atoms with Gasteiger partial charge in [-0.15, -0.1) is 0 Å². The molecule has 3 aromatic rings. The van der Waals surface area contributed by atoms with Crippen LogP contribution >= 0.6 is 0 Å². The van der Waals surface area contributed by atoms with E-state index >= 15 is 0 Å². The van der Waals surface area contributed by atoms with E-state index in [2.05, 4.69) is 9.82 Å². The molecule has 1 N–H and O–H groups in total. The van der Waals surface area contributed by atoms with Crippen molar-refractivity contribution in [1.29, 1.82) is 0 Å². The molecule has 0 radical (unpaired) electrons. The van der Waals surface area contributed by atoms with Crippen LogP contribution in [-0.4, -0.2) is 18.2 Å². The molecule has 0 bridgehead atoms. The van der Waals surface area contributed by atoms with E-state index in [4.69, 9.17) is 0 Å². The third-order valence-corrected chi connectivity index (χ3v) is 5.91. The molecule has 1 heterocycles. The van der Waals surface area contributed by atoms with Crippen molar-refractivity contribution in [2.45, 2.75) is 39.1 Å². The van der Waals surface area contributed by atoms with Crippen LogP contribution in [0.15, 0.2) is 53.7 Å². The summed E-state index contributed by atoms with van der Waals surface area (Å²) >= 11 is 0. The SMILES string of the molecule is Cc1ccc(Cn2cc(NS(=O)(=O)c3c(C)cc(C)cc3C)cn2)cc1. The minimum Gasteiger partial charge on any atom is -0.276 e. The Hall–Kier alpha value is -2.60. The van der Waals surface area contributed by atoms with Crippen LogP contribution in [0.4, 0.5) is 5.69 Å². The molecule has 5 nitrogen and oxygen atoms in total. The lowest BCUT2D eigenvalue weighted by atomic mass is 10.1. The van der Waals surface area contributed by atoms with Gasteiger partial charge in [0.1, 0.15) is 0 Å².